The van der Waals surface area contributed by atoms with E-state index in [1.807, 2.05) is 13.0 Å². The van der Waals surface area contributed by atoms with Crippen LogP contribution in [0.4, 0.5) is 5.69 Å². The first-order chi connectivity index (χ1) is 13.4. The van der Waals surface area contributed by atoms with E-state index in [9.17, 15) is 19.2 Å². The summed E-state index contributed by atoms with van der Waals surface area (Å²) in [6, 6.07) is 11.7. The first-order valence-corrected chi connectivity index (χ1v) is 8.75. The highest BCUT2D eigenvalue weighted by Crippen LogP contribution is 2.23. The molecule has 4 rings (SSSR count). The van der Waals surface area contributed by atoms with Crippen molar-refractivity contribution in [3.63, 3.8) is 0 Å². The van der Waals surface area contributed by atoms with Gasteiger partial charge in [-0.15, -0.1) is 0 Å². The summed E-state index contributed by atoms with van der Waals surface area (Å²) in [7, 11) is 0. The van der Waals surface area contributed by atoms with Crippen molar-refractivity contribution in [3.05, 3.63) is 75.1 Å². The van der Waals surface area contributed by atoms with Crippen LogP contribution in [0.3, 0.4) is 0 Å². The second-order valence-electron chi connectivity index (χ2n) is 6.75. The number of aromatic nitrogens is 1. The molecule has 1 aliphatic heterocycles. The van der Waals surface area contributed by atoms with Gasteiger partial charge in [0.05, 0.1) is 16.6 Å². The van der Waals surface area contributed by atoms with Crippen molar-refractivity contribution >= 4 is 34.3 Å². The van der Waals surface area contributed by atoms with Crippen molar-refractivity contribution in [2.75, 3.05) is 11.9 Å². The molecule has 0 radical (unpaired) electrons. The zero-order valence-electron chi connectivity index (χ0n) is 15.3. The zero-order valence-corrected chi connectivity index (χ0v) is 15.3. The van der Waals surface area contributed by atoms with Crippen LogP contribution in [0, 0.1) is 13.8 Å². The van der Waals surface area contributed by atoms with Crippen molar-refractivity contribution in [1.82, 2.24) is 9.88 Å². The van der Waals surface area contributed by atoms with Gasteiger partial charge in [0.1, 0.15) is 6.54 Å². The Labute approximate surface area is 160 Å². The topological polar surface area (TPSA) is 99.3 Å². The maximum Gasteiger partial charge on any atom is 0.262 e. The van der Waals surface area contributed by atoms with Gasteiger partial charge in [0, 0.05) is 16.6 Å². The molecule has 28 heavy (non-hydrogen) atoms. The number of carbonyl (C=O) groups is 3. The lowest BCUT2D eigenvalue weighted by molar-refractivity contribution is -0.116. The molecule has 0 aliphatic carbocycles. The molecule has 2 heterocycles. The number of pyridine rings is 1. The second kappa shape index (κ2) is 6.45. The van der Waals surface area contributed by atoms with Crippen molar-refractivity contribution in [2.24, 2.45) is 0 Å². The van der Waals surface area contributed by atoms with Gasteiger partial charge in [-0.2, -0.15) is 0 Å². The van der Waals surface area contributed by atoms with Gasteiger partial charge in [-0.25, -0.2) is 0 Å². The fraction of sp³-hybridized carbons (Fsp3) is 0.143. The lowest BCUT2D eigenvalue weighted by Gasteiger charge is -2.14. The Morgan fingerprint density at radius 1 is 0.964 bits per heavy atom. The molecule has 1 aromatic heterocycles. The van der Waals surface area contributed by atoms with Crippen molar-refractivity contribution < 1.29 is 14.4 Å². The number of carbonyl (C=O) groups excluding carboxylic acids is 3. The number of nitrogens with one attached hydrogen (secondary N) is 2. The molecular weight excluding hydrogens is 358 g/mol. The number of H-pyrrole nitrogens is 1. The second-order valence-corrected chi connectivity index (χ2v) is 6.75. The van der Waals surface area contributed by atoms with Crippen LogP contribution in [-0.4, -0.2) is 34.2 Å². The minimum absolute atomic E-state index is 0.181. The van der Waals surface area contributed by atoms with Crippen LogP contribution >= 0.6 is 0 Å². The average Bonchev–Trinajstić information content (AvgIpc) is 2.91. The Bertz CT molecular complexity index is 1190. The summed E-state index contributed by atoms with van der Waals surface area (Å²) in [6.45, 7) is 3.24. The number of rotatable bonds is 3. The van der Waals surface area contributed by atoms with Gasteiger partial charge in [-0.05, 0) is 43.7 Å². The third-order valence-electron chi connectivity index (χ3n) is 5.04. The predicted molar refractivity (Wildman–Crippen MR) is 104 cm³/mol. The minimum atomic E-state index is -0.500. The van der Waals surface area contributed by atoms with Crippen LogP contribution in [0.25, 0.3) is 10.9 Å². The highest BCUT2D eigenvalue weighted by Gasteiger charge is 2.36. The maximum atomic E-state index is 12.4. The molecule has 7 heteroatoms. The predicted octanol–water partition coefficient (Wildman–Crippen LogP) is 2.38. The number of aryl methyl sites for hydroxylation is 1. The van der Waals surface area contributed by atoms with Gasteiger partial charge >= 0.3 is 0 Å². The smallest absolute Gasteiger partial charge is 0.262 e. The van der Waals surface area contributed by atoms with E-state index < -0.39 is 17.7 Å². The first-order valence-electron chi connectivity index (χ1n) is 8.75. The number of hydrogen-bond acceptors (Lipinski definition) is 4. The Morgan fingerprint density at radius 3 is 2.25 bits per heavy atom. The normalized spacial score (nSPS) is 13.1. The minimum Gasteiger partial charge on any atom is -0.324 e. The summed E-state index contributed by atoms with van der Waals surface area (Å²) in [6.07, 6.45) is 0. The number of hydrogen-bond donors (Lipinski definition) is 2. The number of imide groups is 1. The fourth-order valence-electron chi connectivity index (χ4n) is 3.37. The fourth-order valence-corrected chi connectivity index (χ4v) is 3.37. The molecule has 0 atom stereocenters. The molecule has 0 bridgehead atoms. The summed E-state index contributed by atoms with van der Waals surface area (Å²) in [5, 5.41) is 3.56. The molecular formula is C21H17N3O4. The molecule has 2 N–H and O–H groups in total. The Morgan fingerprint density at radius 2 is 1.61 bits per heavy atom. The Kier molecular flexibility index (Phi) is 4.07. The van der Waals surface area contributed by atoms with Gasteiger partial charge in [0.25, 0.3) is 17.4 Å². The molecule has 7 nitrogen and oxygen atoms in total. The van der Waals surface area contributed by atoms with Crippen LogP contribution in [0.1, 0.15) is 31.8 Å². The molecule has 0 saturated heterocycles. The summed E-state index contributed by atoms with van der Waals surface area (Å²) in [4.78, 5) is 52.8. The summed E-state index contributed by atoms with van der Waals surface area (Å²) in [5.74, 6) is -1.46. The number of fused-ring (bicyclic) bond motifs is 2. The SMILES string of the molecule is Cc1c(C)c2ccc(NC(=O)CN3C(=O)c4ccccc4C3=O)cc2[nH]c1=O. The highest BCUT2D eigenvalue weighted by atomic mass is 16.2. The number of aromatic amines is 1. The van der Waals surface area contributed by atoms with E-state index in [0.29, 0.717) is 27.9 Å². The van der Waals surface area contributed by atoms with Crippen molar-refractivity contribution in [2.45, 2.75) is 13.8 Å². The zero-order chi connectivity index (χ0) is 20.0. The number of benzene rings is 2. The number of amides is 3. The molecule has 0 spiro atoms. The van der Waals surface area contributed by atoms with Crippen LogP contribution < -0.4 is 10.9 Å². The molecule has 3 amide bonds. The quantitative estimate of drug-likeness (QED) is 0.687. The molecule has 0 saturated carbocycles. The maximum absolute atomic E-state index is 12.4. The molecule has 3 aromatic rings. The van der Waals surface area contributed by atoms with Gasteiger partial charge in [0.2, 0.25) is 5.91 Å². The molecule has 0 fully saturated rings. The number of nitrogens with zero attached hydrogens (tertiary/aromatic N) is 1. The van der Waals surface area contributed by atoms with Gasteiger partial charge < -0.3 is 10.3 Å². The van der Waals surface area contributed by atoms with E-state index in [0.717, 1.165) is 15.8 Å². The highest BCUT2D eigenvalue weighted by molar-refractivity contribution is 6.22. The van der Waals surface area contributed by atoms with E-state index in [1.54, 1.807) is 43.3 Å². The Hall–Kier alpha value is -3.74. The van der Waals surface area contributed by atoms with Gasteiger partial charge in [-0.3, -0.25) is 24.1 Å². The van der Waals surface area contributed by atoms with E-state index in [-0.39, 0.29) is 12.1 Å². The van der Waals surface area contributed by atoms with Crippen molar-refractivity contribution in [3.8, 4) is 0 Å². The number of anilines is 1. The van der Waals surface area contributed by atoms with Crippen LogP contribution in [0.15, 0.2) is 47.3 Å². The van der Waals surface area contributed by atoms with Crippen LogP contribution in [-0.2, 0) is 4.79 Å². The monoisotopic (exact) mass is 375 g/mol. The lowest BCUT2D eigenvalue weighted by Crippen LogP contribution is -2.37. The van der Waals surface area contributed by atoms with E-state index in [4.69, 9.17) is 0 Å². The van der Waals surface area contributed by atoms with E-state index in [2.05, 4.69) is 10.3 Å². The first kappa shape index (κ1) is 17.7. The summed E-state index contributed by atoms with van der Waals surface area (Å²) < 4.78 is 0. The van der Waals surface area contributed by atoms with Crippen LogP contribution in [0.5, 0.6) is 0 Å². The molecule has 0 unspecified atom stereocenters. The third kappa shape index (κ3) is 2.77. The standard InChI is InChI=1S/C21H17N3O4/c1-11-12(2)19(26)23-17-9-13(7-8-14(11)17)22-18(25)10-24-20(27)15-5-3-4-6-16(15)21(24)28/h3-9H,10H2,1-2H3,(H,22,25)(H,23,26). The van der Waals surface area contributed by atoms with E-state index >= 15 is 0 Å². The average molecular weight is 375 g/mol. The van der Waals surface area contributed by atoms with Gasteiger partial charge in [-0.1, -0.05) is 18.2 Å². The third-order valence-corrected chi connectivity index (χ3v) is 5.04. The van der Waals surface area contributed by atoms with Crippen LogP contribution in [0.2, 0.25) is 0 Å². The molecule has 2 aromatic carbocycles. The molecule has 1 aliphatic rings. The summed E-state index contributed by atoms with van der Waals surface area (Å²) in [5.41, 5.74) is 3.01. The van der Waals surface area contributed by atoms with E-state index in [1.165, 1.54) is 0 Å². The largest absolute Gasteiger partial charge is 0.324 e. The summed E-state index contributed by atoms with van der Waals surface area (Å²) >= 11 is 0. The van der Waals surface area contributed by atoms with Crippen molar-refractivity contribution in [1.29, 1.82) is 0 Å². The lowest BCUT2D eigenvalue weighted by atomic mass is 10.1. The van der Waals surface area contributed by atoms with Gasteiger partial charge in [0.15, 0.2) is 0 Å². The Balaban J connectivity index is 1.55. The molecule has 140 valence electrons.